The highest BCUT2D eigenvalue weighted by Crippen LogP contribution is 2.33. The Kier molecular flexibility index (Phi) is 3.29. The molecule has 1 aromatic carbocycles. The maximum atomic E-state index is 12.7. The lowest BCUT2D eigenvalue weighted by atomic mass is 10.1. The van der Waals surface area contributed by atoms with Gasteiger partial charge in [-0.1, -0.05) is 0 Å². The molecule has 0 unspecified atom stereocenters. The van der Waals surface area contributed by atoms with Crippen LogP contribution in [0.1, 0.15) is 27.3 Å². The number of aromatic nitrogens is 2. The van der Waals surface area contributed by atoms with Crippen molar-refractivity contribution in [1.29, 1.82) is 0 Å². The highest BCUT2D eigenvalue weighted by atomic mass is 19.4. The maximum absolute atomic E-state index is 12.7. The highest BCUT2D eigenvalue weighted by Gasteiger charge is 2.35. The van der Waals surface area contributed by atoms with Crippen LogP contribution in [0.15, 0.2) is 24.5 Å². The summed E-state index contributed by atoms with van der Waals surface area (Å²) in [5.74, 6) is -1.62. The quantitative estimate of drug-likeness (QED) is 0.921. The molecule has 0 radical (unpaired) electrons. The van der Waals surface area contributed by atoms with Crippen molar-refractivity contribution in [2.75, 3.05) is 0 Å². The zero-order chi connectivity index (χ0) is 15.1. The van der Waals surface area contributed by atoms with Gasteiger partial charge in [-0.2, -0.15) is 13.2 Å². The topological polar surface area (TPSA) is 55.1 Å². The Bertz CT molecular complexity index is 675. The maximum Gasteiger partial charge on any atom is 0.417 e. The fourth-order valence-corrected chi connectivity index (χ4v) is 1.87. The third-order valence-electron chi connectivity index (χ3n) is 3.07. The molecule has 0 bridgehead atoms. The van der Waals surface area contributed by atoms with E-state index in [-0.39, 0.29) is 0 Å². The summed E-state index contributed by atoms with van der Waals surface area (Å²) in [6.45, 7) is 3.51. The van der Waals surface area contributed by atoms with Gasteiger partial charge in [0.25, 0.3) is 0 Å². The molecule has 0 atom stereocenters. The summed E-state index contributed by atoms with van der Waals surface area (Å²) in [5.41, 5.74) is -0.152. The van der Waals surface area contributed by atoms with Crippen LogP contribution in [-0.4, -0.2) is 20.6 Å². The summed E-state index contributed by atoms with van der Waals surface area (Å²) >= 11 is 0. The van der Waals surface area contributed by atoms with Crippen molar-refractivity contribution >= 4 is 5.97 Å². The Morgan fingerprint density at radius 2 is 1.95 bits per heavy atom. The first-order chi connectivity index (χ1) is 9.21. The molecule has 4 nitrogen and oxygen atoms in total. The van der Waals surface area contributed by atoms with Crippen molar-refractivity contribution in [3.63, 3.8) is 0 Å². The molecule has 20 heavy (non-hydrogen) atoms. The van der Waals surface area contributed by atoms with Crippen molar-refractivity contribution in [1.82, 2.24) is 9.55 Å². The third kappa shape index (κ3) is 2.38. The van der Waals surface area contributed by atoms with Gasteiger partial charge in [0.15, 0.2) is 0 Å². The van der Waals surface area contributed by atoms with Gasteiger partial charge in [-0.25, -0.2) is 9.78 Å². The lowest BCUT2D eigenvalue weighted by Crippen LogP contribution is -2.13. The van der Waals surface area contributed by atoms with Gasteiger partial charge in [-0.05, 0) is 32.0 Å². The number of aryl methyl sites for hydroxylation is 1. The fourth-order valence-electron chi connectivity index (χ4n) is 1.87. The standard InChI is InChI=1S/C13H11F3N2O2/c1-7-8(2)18(6-17-7)9-3-4-11(13(14,15)16)10(5-9)12(19)20/h3-6H,1-2H3,(H,19,20). The van der Waals surface area contributed by atoms with E-state index in [9.17, 15) is 18.0 Å². The number of rotatable bonds is 2. The number of hydrogen-bond donors (Lipinski definition) is 1. The van der Waals surface area contributed by atoms with Crippen LogP contribution >= 0.6 is 0 Å². The van der Waals surface area contributed by atoms with Crippen LogP contribution in [0, 0.1) is 13.8 Å². The number of alkyl halides is 3. The van der Waals surface area contributed by atoms with Gasteiger partial charge in [0.05, 0.1) is 23.1 Å². The van der Waals surface area contributed by atoms with Crippen molar-refractivity contribution in [3.8, 4) is 5.69 Å². The first kappa shape index (κ1) is 14.1. The van der Waals surface area contributed by atoms with Crippen LogP contribution in [0.2, 0.25) is 0 Å². The van der Waals surface area contributed by atoms with E-state index in [2.05, 4.69) is 4.98 Å². The van der Waals surface area contributed by atoms with Gasteiger partial charge in [-0.15, -0.1) is 0 Å². The summed E-state index contributed by atoms with van der Waals surface area (Å²) in [4.78, 5) is 15.0. The van der Waals surface area contributed by atoms with Crippen LogP contribution in [0.25, 0.3) is 5.69 Å². The Hall–Kier alpha value is -2.31. The van der Waals surface area contributed by atoms with Crippen molar-refractivity contribution in [2.24, 2.45) is 0 Å². The fraction of sp³-hybridized carbons (Fsp3) is 0.231. The number of imidazole rings is 1. The molecule has 2 aromatic rings. The summed E-state index contributed by atoms with van der Waals surface area (Å²) in [6, 6.07) is 3.00. The summed E-state index contributed by atoms with van der Waals surface area (Å²) in [7, 11) is 0. The van der Waals surface area contributed by atoms with E-state index in [0.29, 0.717) is 5.69 Å². The zero-order valence-corrected chi connectivity index (χ0v) is 10.7. The normalized spacial score (nSPS) is 11.7. The highest BCUT2D eigenvalue weighted by molar-refractivity contribution is 5.90. The molecule has 106 valence electrons. The molecule has 0 aliphatic heterocycles. The Morgan fingerprint density at radius 3 is 2.40 bits per heavy atom. The second kappa shape index (κ2) is 4.66. The average molecular weight is 284 g/mol. The van der Waals surface area contributed by atoms with E-state index in [0.717, 1.165) is 23.5 Å². The molecule has 0 spiro atoms. The minimum absolute atomic E-state index is 0.327. The number of carboxylic acid groups (broad SMARTS) is 1. The van der Waals surface area contributed by atoms with Crippen molar-refractivity contribution in [2.45, 2.75) is 20.0 Å². The first-order valence-corrected chi connectivity index (χ1v) is 5.67. The second-order valence-electron chi connectivity index (χ2n) is 4.32. The molecule has 0 saturated heterocycles. The van der Waals surface area contributed by atoms with Crippen molar-refractivity contribution in [3.05, 3.63) is 47.0 Å². The smallest absolute Gasteiger partial charge is 0.417 e. The minimum Gasteiger partial charge on any atom is -0.478 e. The molecular weight excluding hydrogens is 273 g/mol. The molecule has 1 heterocycles. The molecule has 1 N–H and O–H groups in total. The van der Waals surface area contributed by atoms with Crippen LogP contribution in [0.5, 0.6) is 0 Å². The number of halogens is 3. The van der Waals surface area contributed by atoms with Gasteiger partial charge in [0.2, 0.25) is 0 Å². The van der Waals surface area contributed by atoms with Gasteiger partial charge in [0, 0.05) is 11.4 Å². The number of aromatic carboxylic acids is 1. The third-order valence-corrected chi connectivity index (χ3v) is 3.07. The predicted octanol–water partition coefficient (Wildman–Crippen LogP) is 3.21. The molecular formula is C13H11F3N2O2. The number of carbonyl (C=O) groups is 1. The lowest BCUT2D eigenvalue weighted by Gasteiger charge is -2.13. The summed E-state index contributed by atoms with van der Waals surface area (Å²) in [6.07, 6.45) is -3.26. The predicted molar refractivity (Wildman–Crippen MR) is 65.0 cm³/mol. The molecule has 0 fully saturated rings. The van der Waals surface area contributed by atoms with Crippen LogP contribution < -0.4 is 0 Å². The average Bonchev–Trinajstić information content (AvgIpc) is 2.68. The zero-order valence-electron chi connectivity index (χ0n) is 10.7. The Labute approximate surface area is 112 Å². The monoisotopic (exact) mass is 284 g/mol. The van der Waals surface area contributed by atoms with E-state index < -0.39 is 23.3 Å². The second-order valence-corrected chi connectivity index (χ2v) is 4.32. The van der Waals surface area contributed by atoms with Gasteiger partial charge in [0.1, 0.15) is 0 Å². The van der Waals surface area contributed by atoms with E-state index >= 15 is 0 Å². The van der Waals surface area contributed by atoms with E-state index in [1.807, 2.05) is 0 Å². The largest absolute Gasteiger partial charge is 0.478 e. The summed E-state index contributed by atoms with van der Waals surface area (Å²) in [5, 5.41) is 8.95. The van der Waals surface area contributed by atoms with Crippen LogP contribution in [0.4, 0.5) is 13.2 Å². The molecule has 7 heteroatoms. The Morgan fingerprint density at radius 1 is 1.30 bits per heavy atom. The van der Waals surface area contributed by atoms with Crippen molar-refractivity contribution < 1.29 is 23.1 Å². The van der Waals surface area contributed by atoms with E-state index in [1.54, 1.807) is 18.4 Å². The van der Waals surface area contributed by atoms with Crippen LogP contribution in [0.3, 0.4) is 0 Å². The first-order valence-electron chi connectivity index (χ1n) is 5.67. The van der Waals surface area contributed by atoms with Gasteiger partial charge in [-0.3, -0.25) is 0 Å². The van der Waals surface area contributed by atoms with E-state index in [4.69, 9.17) is 5.11 Å². The molecule has 0 aliphatic carbocycles. The SMILES string of the molecule is Cc1ncn(-c2ccc(C(F)(F)F)c(C(=O)O)c2)c1C. The number of carboxylic acids is 1. The summed E-state index contributed by atoms with van der Waals surface area (Å²) < 4.78 is 39.8. The number of hydrogen-bond acceptors (Lipinski definition) is 2. The molecule has 1 aromatic heterocycles. The number of benzene rings is 1. The van der Waals surface area contributed by atoms with Gasteiger partial charge < -0.3 is 9.67 Å². The minimum atomic E-state index is -4.70. The number of nitrogens with zero attached hydrogens (tertiary/aromatic N) is 2. The Balaban J connectivity index is 2.62. The lowest BCUT2D eigenvalue weighted by molar-refractivity contribution is -0.138. The van der Waals surface area contributed by atoms with Crippen LogP contribution in [-0.2, 0) is 6.18 Å². The molecule has 0 amide bonds. The molecule has 0 saturated carbocycles. The molecule has 0 aliphatic rings. The molecule has 2 rings (SSSR count). The van der Waals surface area contributed by atoms with Gasteiger partial charge >= 0.3 is 12.1 Å². The van der Waals surface area contributed by atoms with E-state index in [1.165, 1.54) is 12.4 Å².